The molecule has 166 valence electrons. The molecule has 0 bridgehead atoms. The number of aliphatic hydroxyl groups excluding tert-OH is 1. The number of fused-ring (bicyclic) bond motifs is 6. The first kappa shape index (κ1) is 20.0. The lowest BCUT2D eigenvalue weighted by Crippen LogP contribution is -2.49. The van der Waals surface area contributed by atoms with Crippen molar-refractivity contribution in [3.05, 3.63) is 22.8 Å². The van der Waals surface area contributed by atoms with Gasteiger partial charge < -0.3 is 15.2 Å². The Morgan fingerprint density at radius 1 is 1.17 bits per heavy atom. The minimum Gasteiger partial charge on any atom is -0.393 e. The first-order valence-corrected chi connectivity index (χ1v) is 12.8. The summed E-state index contributed by atoms with van der Waals surface area (Å²) in [4.78, 5) is 0. The topological polar surface area (TPSA) is 41.5 Å². The number of allylic oxidation sites excluding steroid dienone is 2. The Bertz CT molecular complexity index is 801. The van der Waals surface area contributed by atoms with Crippen molar-refractivity contribution in [2.75, 3.05) is 6.54 Å². The van der Waals surface area contributed by atoms with Gasteiger partial charge in [0.05, 0.1) is 17.8 Å². The lowest BCUT2D eigenvalue weighted by Gasteiger charge is -2.49. The largest absolute Gasteiger partial charge is 0.393 e. The predicted molar refractivity (Wildman–Crippen MR) is 120 cm³/mol. The van der Waals surface area contributed by atoms with Crippen molar-refractivity contribution >= 4 is 0 Å². The van der Waals surface area contributed by atoms with E-state index in [9.17, 15) is 5.11 Å². The van der Waals surface area contributed by atoms with Crippen molar-refractivity contribution in [2.24, 2.45) is 35.0 Å². The van der Waals surface area contributed by atoms with Gasteiger partial charge in [0, 0.05) is 12.0 Å². The average molecular weight is 412 g/mol. The Balaban J connectivity index is 1.34. The van der Waals surface area contributed by atoms with Crippen LogP contribution in [-0.4, -0.2) is 35.5 Å². The number of nitrogens with one attached hydrogen (secondary N) is 1. The maximum atomic E-state index is 10.3. The van der Waals surface area contributed by atoms with Crippen LogP contribution in [0.1, 0.15) is 79.1 Å². The third-order valence-electron chi connectivity index (χ3n) is 10.9. The molecule has 2 saturated carbocycles. The lowest BCUT2D eigenvalue weighted by molar-refractivity contribution is -0.0549. The fourth-order valence-corrected chi connectivity index (χ4v) is 9.09. The molecule has 2 aliphatic heterocycles. The maximum absolute atomic E-state index is 10.3. The Morgan fingerprint density at radius 3 is 2.83 bits per heavy atom. The van der Waals surface area contributed by atoms with Crippen LogP contribution in [0.15, 0.2) is 22.8 Å². The molecule has 1 spiro atoms. The molecule has 6 aliphatic rings. The first-order valence-electron chi connectivity index (χ1n) is 12.8. The van der Waals surface area contributed by atoms with Crippen LogP contribution in [0.2, 0.25) is 0 Å². The Kier molecular flexibility index (Phi) is 4.46. The molecule has 0 aromatic heterocycles. The molecule has 2 N–H and O–H groups in total. The summed E-state index contributed by atoms with van der Waals surface area (Å²) in [5, 5.41) is 14.1. The summed E-state index contributed by atoms with van der Waals surface area (Å²) in [6, 6.07) is 0.530. The van der Waals surface area contributed by atoms with Gasteiger partial charge in [-0.25, -0.2) is 0 Å². The molecule has 3 heteroatoms. The van der Waals surface area contributed by atoms with Crippen molar-refractivity contribution in [3.8, 4) is 0 Å². The highest BCUT2D eigenvalue weighted by Crippen LogP contribution is 2.65. The van der Waals surface area contributed by atoms with Gasteiger partial charge in [-0.2, -0.15) is 0 Å². The highest BCUT2D eigenvalue weighted by atomic mass is 16.5. The summed E-state index contributed by atoms with van der Waals surface area (Å²) < 4.78 is 7.03. The Hall–Kier alpha value is -0.640. The number of ether oxygens (including phenoxy) is 1. The Morgan fingerprint density at radius 2 is 2.00 bits per heavy atom. The summed E-state index contributed by atoms with van der Waals surface area (Å²) in [5.74, 6) is 3.64. The third kappa shape index (κ3) is 2.55. The average Bonchev–Trinajstić information content (AvgIpc) is 3.23. The van der Waals surface area contributed by atoms with Gasteiger partial charge in [-0.3, -0.25) is 0 Å². The van der Waals surface area contributed by atoms with E-state index < -0.39 is 0 Å². The van der Waals surface area contributed by atoms with E-state index >= 15 is 0 Å². The van der Waals surface area contributed by atoms with Gasteiger partial charge in [0.2, 0.25) is 0 Å². The van der Waals surface area contributed by atoms with Gasteiger partial charge in [0.15, 0.2) is 0 Å². The molecular weight excluding hydrogens is 370 g/mol. The zero-order valence-corrected chi connectivity index (χ0v) is 19.4. The van der Waals surface area contributed by atoms with Crippen LogP contribution < -0.4 is 5.32 Å². The molecule has 0 aromatic carbocycles. The van der Waals surface area contributed by atoms with E-state index in [2.05, 4.69) is 39.1 Å². The first-order chi connectivity index (χ1) is 14.3. The molecule has 3 nitrogen and oxygen atoms in total. The van der Waals surface area contributed by atoms with Gasteiger partial charge in [-0.1, -0.05) is 38.0 Å². The number of piperidine rings is 1. The fraction of sp³-hybridized carbons (Fsp3) is 0.852. The molecule has 4 fully saturated rings. The minimum absolute atomic E-state index is 0.0222. The molecule has 0 unspecified atom stereocenters. The molecular formula is C27H41NO2. The number of rotatable bonds is 0. The zero-order valence-electron chi connectivity index (χ0n) is 19.4. The van der Waals surface area contributed by atoms with E-state index in [1.165, 1.54) is 38.5 Å². The molecule has 4 aliphatic carbocycles. The molecule has 0 amide bonds. The predicted octanol–water partition coefficient (Wildman–Crippen LogP) is 5.00. The van der Waals surface area contributed by atoms with Gasteiger partial charge >= 0.3 is 0 Å². The lowest BCUT2D eigenvalue weighted by atomic mass is 9.56. The van der Waals surface area contributed by atoms with Gasteiger partial charge in [-0.15, -0.1) is 0 Å². The van der Waals surface area contributed by atoms with Crippen LogP contribution in [0.25, 0.3) is 0 Å². The summed E-state index contributed by atoms with van der Waals surface area (Å²) >= 11 is 0. The van der Waals surface area contributed by atoms with Crippen molar-refractivity contribution in [1.82, 2.24) is 5.32 Å². The highest BCUT2D eigenvalue weighted by molar-refractivity contribution is 5.38. The van der Waals surface area contributed by atoms with Crippen molar-refractivity contribution in [1.29, 1.82) is 0 Å². The molecule has 2 heterocycles. The second-order valence-corrected chi connectivity index (χ2v) is 12.2. The minimum atomic E-state index is -0.111. The van der Waals surface area contributed by atoms with Gasteiger partial charge in [0.25, 0.3) is 0 Å². The van der Waals surface area contributed by atoms with Crippen molar-refractivity contribution in [3.63, 3.8) is 0 Å². The molecule has 6 rings (SSSR count). The standard InChI is InChI=1S/C27H41NO2/c1-15-11-24-25(28-14-15)17(3)27(30-24)10-8-20-21-6-5-18-12-19(29)7-9-26(18,4)23(21)13-22(20)16(27)2/h5,15,17,19-21,23-25,28-29H,6-14H2,1-4H3/t15-,17+,19+,20-,21-,23-,24+,25-,26-,27-/m0/s1. The summed E-state index contributed by atoms with van der Waals surface area (Å²) in [5.41, 5.74) is 5.25. The van der Waals surface area contributed by atoms with Gasteiger partial charge in [0.1, 0.15) is 0 Å². The maximum Gasteiger partial charge on any atom is 0.0937 e. The van der Waals surface area contributed by atoms with Crippen LogP contribution in [0.3, 0.4) is 0 Å². The van der Waals surface area contributed by atoms with E-state index in [-0.39, 0.29) is 11.7 Å². The Labute approximate surface area is 182 Å². The molecule has 0 radical (unpaired) electrons. The monoisotopic (exact) mass is 411 g/mol. The summed E-state index contributed by atoms with van der Waals surface area (Å²) in [6.45, 7) is 10.9. The number of hydrogen-bond donors (Lipinski definition) is 2. The third-order valence-corrected chi connectivity index (χ3v) is 10.9. The number of hydrogen-bond acceptors (Lipinski definition) is 3. The van der Waals surface area contributed by atoms with E-state index in [4.69, 9.17) is 4.74 Å². The van der Waals surface area contributed by atoms with Crippen LogP contribution in [-0.2, 0) is 4.74 Å². The summed E-state index contributed by atoms with van der Waals surface area (Å²) in [7, 11) is 0. The van der Waals surface area contributed by atoms with Crippen molar-refractivity contribution < 1.29 is 9.84 Å². The second-order valence-electron chi connectivity index (χ2n) is 12.2. The highest BCUT2D eigenvalue weighted by Gasteiger charge is 2.60. The van der Waals surface area contributed by atoms with Crippen LogP contribution in [0.4, 0.5) is 0 Å². The molecule has 0 aromatic rings. The van der Waals surface area contributed by atoms with Crippen LogP contribution in [0.5, 0.6) is 0 Å². The van der Waals surface area contributed by atoms with E-state index in [1.54, 1.807) is 16.7 Å². The quantitative estimate of drug-likeness (QED) is 0.551. The van der Waals surface area contributed by atoms with Crippen LogP contribution >= 0.6 is 0 Å². The SMILES string of the molecule is CC1=C2C[C@H]3[C@@H](CC=C4C[C@H](O)CC[C@@]43C)[C@@H]2CC[C@]12O[C@@H]1C[C@H](C)CN[C@H]1[C@H]2C. The van der Waals surface area contributed by atoms with E-state index in [0.29, 0.717) is 23.5 Å². The van der Waals surface area contributed by atoms with Crippen LogP contribution in [0, 0.1) is 35.0 Å². The zero-order chi connectivity index (χ0) is 20.8. The smallest absolute Gasteiger partial charge is 0.0937 e. The molecule has 10 atom stereocenters. The van der Waals surface area contributed by atoms with Gasteiger partial charge in [-0.05, 0) is 99.5 Å². The van der Waals surface area contributed by atoms with E-state index in [0.717, 1.165) is 43.1 Å². The molecule has 30 heavy (non-hydrogen) atoms. The second kappa shape index (κ2) is 6.68. The fourth-order valence-electron chi connectivity index (χ4n) is 9.09. The number of aliphatic hydroxyl groups is 1. The summed E-state index contributed by atoms with van der Waals surface area (Å²) in [6.07, 6.45) is 12.2. The van der Waals surface area contributed by atoms with Crippen molar-refractivity contribution in [2.45, 2.75) is 103 Å². The molecule has 2 saturated heterocycles. The van der Waals surface area contributed by atoms with E-state index in [1.807, 2.05) is 0 Å². The normalized spacial score (nSPS) is 55.0.